The van der Waals surface area contributed by atoms with Gasteiger partial charge in [0, 0.05) is 18.8 Å². The number of primary amides is 1. The minimum Gasteiger partial charge on any atom is -0.439 e. The molecule has 0 aliphatic heterocycles. The Bertz CT molecular complexity index is 1010. The number of nitrogens with zero attached hydrogens (tertiary/aromatic N) is 1. The van der Waals surface area contributed by atoms with Crippen molar-refractivity contribution in [3.63, 3.8) is 0 Å². The first-order valence-electron chi connectivity index (χ1n) is 9.36. The number of halogens is 3. The second-order valence-electron chi connectivity index (χ2n) is 6.62. The minimum absolute atomic E-state index is 0.235. The zero-order valence-electron chi connectivity index (χ0n) is 16.4. The molecule has 9 heteroatoms. The van der Waals surface area contributed by atoms with Gasteiger partial charge in [-0.2, -0.15) is 0 Å². The monoisotopic (exact) mass is 431 g/mol. The van der Waals surface area contributed by atoms with Gasteiger partial charge in [0.15, 0.2) is 0 Å². The molecule has 162 valence electrons. The molecule has 1 heterocycles. The molecule has 0 saturated heterocycles. The number of amides is 1. The molecule has 6 nitrogen and oxygen atoms in total. The second-order valence-corrected chi connectivity index (χ2v) is 6.62. The van der Waals surface area contributed by atoms with E-state index in [-0.39, 0.29) is 5.75 Å². The molecule has 3 aromatic rings. The van der Waals surface area contributed by atoms with Crippen LogP contribution in [0.2, 0.25) is 0 Å². The van der Waals surface area contributed by atoms with Crippen LogP contribution in [-0.4, -0.2) is 23.8 Å². The van der Waals surface area contributed by atoms with Crippen molar-refractivity contribution in [1.82, 2.24) is 10.3 Å². The molecule has 3 N–H and O–H groups in total. The van der Waals surface area contributed by atoms with Gasteiger partial charge in [0.1, 0.15) is 11.5 Å². The van der Waals surface area contributed by atoms with E-state index in [0.29, 0.717) is 35.8 Å². The largest absolute Gasteiger partial charge is 0.573 e. The number of hydrogen-bond donors (Lipinski definition) is 2. The molecule has 31 heavy (non-hydrogen) atoms. The predicted octanol–water partition coefficient (Wildman–Crippen LogP) is 4.20. The Morgan fingerprint density at radius 2 is 1.77 bits per heavy atom. The number of alkyl halides is 3. The standard InChI is InChI=1S/C22H20F3N3O3/c23-22(24,25)31-19-3-1-2-16(12-19)13-27-11-10-15-4-7-18(8-5-15)30-20-9-6-17(14-28-20)21(26)29/h1-9,12,14,27H,10-11,13H2,(H2,26,29). The number of hydrogen-bond acceptors (Lipinski definition) is 5. The van der Waals surface area contributed by atoms with Gasteiger partial charge >= 0.3 is 6.36 Å². The van der Waals surface area contributed by atoms with Crippen molar-refractivity contribution < 1.29 is 27.4 Å². The van der Waals surface area contributed by atoms with Gasteiger partial charge in [-0.05, 0) is 54.4 Å². The Morgan fingerprint density at radius 1 is 1.00 bits per heavy atom. The molecular formula is C22H20F3N3O3. The molecule has 0 atom stereocenters. The maximum absolute atomic E-state index is 12.3. The van der Waals surface area contributed by atoms with E-state index in [1.54, 1.807) is 24.3 Å². The Morgan fingerprint density at radius 3 is 2.42 bits per heavy atom. The van der Waals surface area contributed by atoms with Crippen LogP contribution in [0.25, 0.3) is 0 Å². The van der Waals surface area contributed by atoms with E-state index in [9.17, 15) is 18.0 Å². The Kier molecular flexibility index (Phi) is 7.09. The highest BCUT2D eigenvalue weighted by atomic mass is 19.4. The van der Waals surface area contributed by atoms with Crippen LogP contribution in [0.5, 0.6) is 17.4 Å². The van der Waals surface area contributed by atoms with Crippen LogP contribution in [-0.2, 0) is 13.0 Å². The molecule has 0 fully saturated rings. The number of aromatic nitrogens is 1. The summed E-state index contributed by atoms with van der Waals surface area (Å²) < 4.78 is 46.4. The molecule has 1 amide bonds. The zero-order chi connectivity index (χ0) is 22.3. The molecule has 0 aliphatic rings. The molecule has 0 saturated carbocycles. The Hall–Kier alpha value is -3.59. The van der Waals surface area contributed by atoms with Crippen molar-refractivity contribution in [2.75, 3.05) is 6.54 Å². The third-order valence-corrected chi connectivity index (χ3v) is 4.22. The minimum atomic E-state index is -4.70. The fourth-order valence-electron chi connectivity index (χ4n) is 2.75. The Balaban J connectivity index is 1.44. The summed E-state index contributed by atoms with van der Waals surface area (Å²) in [6.07, 6.45) is -2.63. The number of carbonyl (C=O) groups excluding carboxylic acids is 1. The molecule has 3 rings (SSSR count). The number of nitrogens with one attached hydrogen (secondary N) is 1. The van der Waals surface area contributed by atoms with Gasteiger partial charge in [0.25, 0.3) is 0 Å². The number of ether oxygens (including phenoxy) is 2. The molecule has 0 spiro atoms. The molecule has 0 bridgehead atoms. The van der Waals surface area contributed by atoms with Crippen LogP contribution in [0, 0.1) is 0 Å². The lowest BCUT2D eigenvalue weighted by Gasteiger charge is -2.11. The third kappa shape index (κ3) is 7.31. The number of nitrogens with two attached hydrogens (primary N) is 1. The normalized spacial score (nSPS) is 11.2. The van der Waals surface area contributed by atoms with Crippen molar-refractivity contribution in [3.05, 3.63) is 83.6 Å². The van der Waals surface area contributed by atoms with E-state index in [1.165, 1.54) is 30.5 Å². The molecule has 1 aromatic heterocycles. The lowest BCUT2D eigenvalue weighted by Crippen LogP contribution is -2.18. The molecular weight excluding hydrogens is 411 g/mol. The smallest absolute Gasteiger partial charge is 0.439 e. The van der Waals surface area contributed by atoms with E-state index < -0.39 is 12.3 Å². The summed E-state index contributed by atoms with van der Waals surface area (Å²) in [7, 11) is 0. The molecule has 2 aromatic carbocycles. The van der Waals surface area contributed by atoms with Crippen molar-refractivity contribution in [2.24, 2.45) is 5.73 Å². The number of pyridine rings is 1. The predicted molar refractivity (Wildman–Crippen MR) is 108 cm³/mol. The van der Waals surface area contributed by atoms with Gasteiger partial charge in [0.2, 0.25) is 11.8 Å². The van der Waals surface area contributed by atoms with Crippen LogP contribution in [0.15, 0.2) is 66.9 Å². The maximum Gasteiger partial charge on any atom is 0.573 e. The van der Waals surface area contributed by atoms with Crippen molar-refractivity contribution in [2.45, 2.75) is 19.3 Å². The summed E-state index contributed by atoms with van der Waals surface area (Å²) in [6, 6.07) is 16.4. The number of carbonyl (C=O) groups is 1. The lowest BCUT2D eigenvalue weighted by molar-refractivity contribution is -0.274. The van der Waals surface area contributed by atoms with E-state index in [0.717, 1.165) is 12.0 Å². The first-order valence-corrected chi connectivity index (χ1v) is 9.36. The number of rotatable bonds is 9. The first-order chi connectivity index (χ1) is 14.8. The van der Waals surface area contributed by atoms with Gasteiger partial charge in [-0.15, -0.1) is 13.2 Å². The van der Waals surface area contributed by atoms with Crippen LogP contribution < -0.4 is 20.5 Å². The maximum atomic E-state index is 12.3. The van der Waals surface area contributed by atoms with Gasteiger partial charge in [-0.25, -0.2) is 4.98 Å². The van der Waals surface area contributed by atoms with E-state index in [2.05, 4.69) is 15.0 Å². The van der Waals surface area contributed by atoms with Gasteiger partial charge in [0.05, 0.1) is 5.56 Å². The van der Waals surface area contributed by atoms with Crippen LogP contribution >= 0.6 is 0 Å². The van der Waals surface area contributed by atoms with E-state index in [1.807, 2.05) is 12.1 Å². The molecule has 0 aliphatic carbocycles. The summed E-state index contributed by atoms with van der Waals surface area (Å²) in [5.74, 6) is 0.147. The second kappa shape index (κ2) is 9.94. The Labute approximate surface area is 176 Å². The summed E-state index contributed by atoms with van der Waals surface area (Å²) in [4.78, 5) is 15.1. The summed E-state index contributed by atoms with van der Waals surface area (Å²) in [5, 5.41) is 3.19. The van der Waals surface area contributed by atoms with Crippen LogP contribution in [0.3, 0.4) is 0 Å². The van der Waals surface area contributed by atoms with Gasteiger partial charge in [-0.3, -0.25) is 4.79 Å². The summed E-state index contributed by atoms with van der Waals surface area (Å²) in [6.45, 7) is 1.06. The van der Waals surface area contributed by atoms with Gasteiger partial charge in [-0.1, -0.05) is 24.3 Å². The van der Waals surface area contributed by atoms with Crippen molar-refractivity contribution in [1.29, 1.82) is 0 Å². The van der Waals surface area contributed by atoms with Crippen LogP contribution in [0.1, 0.15) is 21.5 Å². The van der Waals surface area contributed by atoms with Gasteiger partial charge < -0.3 is 20.5 Å². The first kappa shape index (κ1) is 22.1. The quantitative estimate of drug-likeness (QED) is 0.496. The molecule has 0 radical (unpaired) electrons. The van der Waals surface area contributed by atoms with Crippen molar-refractivity contribution in [3.8, 4) is 17.4 Å². The summed E-state index contributed by atoms with van der Waals surface area (Å²) >= 11 is 0. The van der Waals surface area contributed by atoms with Crippen molar-refractivity contribution >= 4 is 5.91 Å². The third-order valence-electron chi connectivity index (χ3n) is 4.22. The highest BCUT2D eigenvalue weighted by molar-refractivity contribution is 5.92. The van der Waals surface area contributed by atoms with E-state index >= 15 is 0 Å². The molecule has 0 unspecified atom stereocenters. The number of benzene rings is 2. The fourth-order valence-corrected chi connectivity index (χ4v) is 2.75. The SMILES string of the molecule is NC(=O)c1ccc(Oc2ccc(CCNCc3cccc(OC(F)(F)F)c3)cc2)nc1. The summed E-state index contributed by atoms with van der Waals surface area (Å²) in [5.41, 5.74) is 7.23. The highest BCUT2D eigenvalue weighted by Gasteiger charge is 2.31. The van der Waals surface area contributed by atoms with E-state index in [4.69, 9.17) is 10.5 Å². The lowest BCUT2D eigenvalue weighted by atomic mass is 10.1. The zero-order valence-corrected chi connectivity index (χ0v) is 16.4. The van der Waals surface area contributed by atoms with Crippen LogP contribution in [0.4, 0.5) is 13.2 Å². The topological polar surface area (TPSA) is 86.5 Å². The average Bonchev–Trinajstić information content (AvgIpc) is 2.72. The average molecular weight is 431 g/mol. The highest BCUT2D eigenvalue weighted by Crippen LogP contribution is 2.23. The fraction of sp³-hybridized carbons (Fsp3) is 0.182.